The second-order valence-electron chi connectivity index (χ2n) is 4.45. The predicted octanol–water partition coefficient (Wildman–Crippen LogP) is 2.06. The van der Waals surface area contributed by atoms with Crippen LogP contribution in [-0.2, 0) is 11.2 Å². The first-order valence-corrected chi connectivity index (χ1v) is 6.70. The smallest absolute Gasteiger partial charge is 0.223 e. The van der Waals surface area contributed by atoms with Gasteiger partial charge in [-0.2, -0.15) is 0 Å². The lowest BCUT2D eigenvalue weighted by Gasteiger charge is -2.19. The molecule has 0 bridgehead atoms. The highest BCUT2D eigenvalue weighted by Gasteiger charge is 2.10. The van der Waals surface area contributed by atoms with Gasteiger partial charge in [-0.1, -0.05) is 0 Å². The molecule has 0 saturated carbocycles. The molecule has 0 saturated heterocycles. The first-order chi connectivity index (χ1) is 8.67. The molecule has 1 amide bonds. The quantitative estimate of drug-likeness (QED) is 0.770. The number of hydrogen-bond acceptors (Lipinski definition) is 3. The summed E-state index contributed by atoms with van der Waals surface area (Å²) in [6.45, 7) is 8.42. The summed E-state index contributed by atoms with van der Waals surface area (Å²) in [6, 6.07) is 4.19. The van der Waals surface area contributed by atoms with Gasteiger partial charge >= 0.3 is 0 Å². The standard InChI is InChI=1S/C14H24N2O2/c1-4-16(5-2)14(17)8-9-15-12(3)11-13-7-6-10-18-13/h6-7,10,12,15H,4-5,8-9,11H2,1-3H3. The van der Waals surface area contributed by atoms with Gasteiger partial charge in [0.15, 0.2) is 0 Å². The fourth-order valence-corrected chi connectivity index (χ4v) is 1.96. The van der Waals surface area contributed by atoms with E-state index in [1.165, 1.54) is 0 Å². The molecule has 0 aromatic carbocycles. The molecule has 4 heteroatoms. The third kappa shape index (κ3) is 4.92. The maximum atomic E-state index is 11.8. The van der Waals surface area contributed by atoms with Gasteiger partial charge in [-0.3, -0.25) is 4.79 Å². The van der Waals surface area contributed by atoms with Crippen molar-refractivity contribution < 1.29 is 9.21 Å². The zero-order valence-electron chi connectivity index (χ0n) is 11.6. The number of furan rings is 1. The third-order valence-corrected chi connectivity index (χ3v) is 3.04. The van der Waals surface area contributed by atoms with Gasteiger partial charge in [-0.25, -0.2) is 0 Å². The Kier molecular flexibility index (Phi) is 6.50. The molecule has 0 radical (unpaired) electrons. The van der Waals surface area contributed by atoms with Crippen LogP contribution in [0.2, 0.25) is 0 Å². The lowest BCUT2D eigenvalue weighted by atomic mass is 10.2. The minimum Gasteiger partial charge on any atom is -0.469 e. The Balaban J connectivity index is 2.19. The van der Waals surface area contributed by atoms with Crippen molar-refractivity contribution in [3.63, 3.8) is 0 Å². The van der Waals surface area contributed by atoms with Gasteiger partial charge in [0.05, 0.1) is 6.26 Å². The predicted molar refractivity (Wildman–Crippen MR) is 72.4 cm³/mol. The molecule has 4 nitrogen and oxygen atoms in total. The van der Waals surface area contributed by atoms with E-state index in [-0.39, 0.29) is 5.91 Å². The second kappa shape index (κ2) is 7.93. The Morgan fingerprint density at radius 2 is 2.17 bits per heavy atom. The van der Waals surface area contributed by atoms with Crippen molar-refractivity contribution in [1.82, 2.24) is 10.2 Å². The summed E-state index contributed by atoms with van der Waals surface area (Å²) in [5, 5.41) is 3.35. The molecule has 102 valence electrons. The van der Waals surface area contributed by atoms with E-state index in [9.17, 15) is 4.79 Å². The maximum Gasteiger partial charge on any atom is 0.223 e. The lowest BCUT2D eigenvalue weighted by Crippen LogP contribution is -2.35. The first-order valence-electron chi connectivity index (χ1n) is 6.70. The monoisotopic (exact) mass is 252 g/mol. The summed E-state index contributed by atoms with van der Waals surface area (Å²) in [5.41, 5.74) is 0. The van der Waals surface area contributed by atoms with Crippen LogP contribution in [0.3, 0.4) is 0 Å². The summed E-state index contributed by atoms with van der Waals surface area (Å²) in [5.74, 6) is 1.20. The molecule has 1 N–H and O–H groups in total. The fraction of sp³-hybridized carbons (Fsp3) is 0.643. The summed E-state index contributed by atoms with van der Waals surface area (Å²) < 4.78 is 5.29. The fourth-order valence-electron chi connectivity index (χ4n) is 1.96. The largest absolute Gasteiger partial charge is 0.469 e. The number of rotatable bonds is 8. The van der Waals surface area contributed by atoms with E-state index < -0.39 is 0 Å². The number of nitrogens with one attached hydrogen (secondary N) is 1. The van der Waals surface area contributed by atoms with Crippen molar-refractivity contribution in [3.05, 3.63) is 24.2 Å². The van der Waals surface area contributed by atoms with Crippen molar-refractivity contribution in [1.29, 1.82) is 0 Å². The minimum absolute atomic E-state index is 0.220. The van der Waals surface area contributed by atoms with Crippen LogP contribution in [0.25, 0.3) is 0 Å². The summed E-state index contributed by atoms with van der Waals surface area (Å²) >= 11 is 0. The van der Waals surface area contributed by atoms with Crippen molar-refractivity contribution in [3.8, 4) is 0 Å². The Bertz CT molecular complexity index is 332. The first kappa shape index (κ1) is 14.8. The molecule has 18 heavy (non-hydrogen) atoms. The van der Waals surface area contributed by atoms with E-state index in [1.807, 2.05) is 30.9 Å². The van der Waals surface area contributed by atoms with Gasteiger partial charge in [0.2, 0.25) is 5.91 Å². The van der Waals surface area contributed by atoms with Crippen LogP contribution < -0.4 is 5.32 Å². The Morgan fingerprint density at radius 3 is 2.72 bits per heavy atom. The van der Waals surface area contributed by atoms with Crippen LogP contribution in [0, 0.1) is 0 Å². The normalized spacial score (nSPS) is 12.4. The molecular weight excluding hydrogens is 228 g/mol. The highest BCUT2D eigenvalue weighted by Crippen LogP contribution is 2.03. The summed E-state index contributed by atoms with van der Waals surface area (Å²) in [6.07, 6.45) is 3.10. The number of hydrogen-bond donors (Lipinski definition) is 1. The second-order valence-corrected chi connectivity index (χ2v) is 4.45. The number of nitrogens with zero attached hydrogens (tertiary/aromatic N) is 1. The molecule has 0 aliphatic heterocycles. The highest BCUT2D eigenvalue weighted by molar-refractivity contribution is 5.76. The molecular formula is C14H24N2O2. The Morgan fingerprint density at radius 1 is 1.44 bits per heavy atom. The molecule has 0 aliphatic carbocycles. The minimum atomic E-state index is 0.220. The van der Waals surface area contributed by atoms with E-state index in [2.05, 4.69) is 12.2 Å². The highest BCUT2D eigenvalue weighted by atomic mass is 16.3. The lowest BCUT2D eigenvalue weighted by molar-refractivity contribution is -0.130. The van der Waals surface area contributed by atoms with Crippen molar-refractivity contribution >= 4 is 5.91 Å². The average Bonchev–Trinajstić information content (AvgIpc) is 2.83. The maximum absolute atomic E-state index is 11.8. The number of amides is 1. The van der Waals surface area contributed by atoms with Gasteiger partial charge in [-0.05, 0) is 32.9 Å². The molecule has 1 atom stereocenters. The Labute approximate surface area is 109 Å². The third-order valence-electron chi connectivity index (χ3n) is 3.04. The number of carbonyl (C=O) groups excluding carboxylic acids is 1. The molecule has 0 fully saturated rings. The number of carbonyl (C=O) groups is 1. The van der Waals surface area contributed by atoms with E-state index in [1.54, 1.807) is 6.26 Å². The molecule has 1 aromatic heterocycles. The molecule has 0 spiro atoms. The van der Waals surface area contributed by atoms with Crippen LogP contribution in [0.1, 0.15) is 33.0 Å². The van der Waals surface area contributed by atoms with Crippen LogP contribution in [0.4, 0.5) is 0 Å². The average molecular weight is 252 g/mol. The van der Waals surface area contributed by atoms with Crippen molar-refractivity contribution in [2.75, 3.05) is 19.6 Å². The van der Waals surface area contributed by atoms with Gasteiger partial charge < -0.3 is 14.6 Å². The molecule has 0 aliphatic rings. The van der Waals surface area contributed by atoms with E-state index in [0.29, 0.717) is 12.5 Å². The summed E-state index contributed by atoms with van der Waals surface area (Å²) in [4.78, 5) is 13.6. The van der Waals surface area contributed by atoms with Gasteiger partial charge in [-0.15, -0.1) is 0 Å². The SMILES string of the molecule is CCN(CC)C(=O)CCNC(C)Cc1ccco1. The summed E-state index contributed by atoms with van der Waals surface area (Å²) in [7, 11) is 0. The van der Waals surface area contributed by atoms with Crippen LogP contribution in [-0.4, -0.2) is 36.5 Å². The van der Waals surface area contributed by atoms with Crippen LogP contribution >= 0.6 is 0 Å². The van der Waals surface area contributed by atoms with E-state index in [0.717, 1.165) is 31.8 Å². The molecule has 1 unspecified atom stereocenters. The Hall–Kier alpha value is -1.29. The zero-order valence-corrected chi connectivity index (χ0v) is 11.6. The van der Waals surface area contributed by atoms with E-state index >= 15 is 0 Å². The van der Waals surface area contributed by atoms with E-state index in [4.69, 9.17) is 4.42 Å². The van der Waals surface area contributed by atoms with Gasteiger partial charge in [0.1, 0.15) is 5.76 Å². The van der Waals surface area contributed by atoms with Gasteiger partial charge in [0.25, 0.3) is 0 Å². The van der Waals surface area contributed by atoms with Crippen LogP contribution in [0.15, 0.2) is 22.8 Å². The molecule has 1 rings (SSSR count). The molecule has 1 aromatic rings. The topological polar surface area (TPSA) is 45.5 Å². The van der Waals surface area contributed by atoms with Crippen molar-refractivity contribution in [2.45, 2.75) is 39.7 Å². The van der Waals surface area contributed by atoms with Gasteiger partial charge in [0, 0.05) is 38.5 Å². The molecule has 1 heterocycles. The van der Waals surface area contributed by atoms with Crippen LogP contribution in [0.5, 0.6) is 0 Å². The zero-order chi connectivity index (χ0) is 13.4. The van der Waals surface area contributed by atoms with Crippen molar-refractivity contribution in [2.24, 2.45) is 0 Å².